The molecule has 1 N–H and O–H groups in total. The van der Waals surface area contributed by atoms with Crippen LogP contribution in [0.25, 0.3) is 0 Å². The Morgan fingerprint density at radius 1 is 1.50 bits per heavy atom. The van der Waals surface area contributed by atoms with Gasteiger partial charge in [0.1, 0.15) is 17.7 Å². The van der Waals surface area contributed by atoms with Crippen LogP contribution < -0.4 is 5.32 Å². The van der Waals surface area contributed by atoms with Crippen LogP contribution in [-0.2, 0) is 9.53 Å². The van der Waals surface area contributed by atoms with E-state index >= 15 is 0 Å². The largest absolute Gasteiger partial charge is 0.468 e. The quantitative estimate of drug-likeness (QED) is 0.819. The molecule has 3 nitrogen and oxygen atoms in total. The molecule has 0 amide bonds. The van der Waals surface area contributed by atoms with E-state index in [2.05, 4.69) is 10.1 Å². The summed E-state index contributed by atoms with van der Waals surface area (Å²) in [5, 5.41) is 2.97. The lowest BCUT2D eigenvalue weighted by molar-refractivity contribution is -0.143. The lowest BCUT2D eigenvalue weighted by Crippen LogP contribution is -2.31. The number of esters is 1. The van der Waals surface area contributed by atoms with Gasteiger partial charge in [0.2, 0.25) is 0 Å². The zero-order valence-corrected chi connectivity index (χ0v) is 10.1. The van der Waals surface area contributed by atoms with Gasteiger partial charge in [0, 0.05) is 11.6 Å². The molecule has 1 atom stereocenters. The molecule has 1 aromatic rings. The van der Waals surface area contributed by atoms with E-state index in [0.717, 1.165) is 25.0 Å². The molecule has 1 unspecified atom stereocenters. The van der Waals surface area contributed by atoms with Crippen molar-refractivity contribution in [1.29, 1.82) is 0 Å². The summed E-state index contributed by atoms with van der Waals surface area (Å²) < 4.78 is 31.1. The van der Waals surface area contributed by atoms with Gasteiger partial charge in [-0.15, -0.1) is 0 Å². The standard InChI is InChI=1S/C13H15F2NO2/c1-18-13(17)12(16-7-8-2-3-8)10-5-4-9(14)6-11(10)15/h4-6,8,12,16H,2-3,7H2,1H3. The van der Waals surface area contributed by atoms with E-state index < -0.39 is 23.6 Å². The normalized spacial score (nSPS) is 16.4. The summed E-state index contributed by atoms with van der Waals surface area (Å²) in [7, 11) is 1.25. The van der Waals surface area contributed by atoms with E-state index in [1.807, 2.05) is 0 Å². The van der Waals surface area contributed by atoms with Crippen LogP contribution in [0.1, 0.15) is 24.4 Å². The summed E-state index contributed by atoms with van der Waals surface area (Å²) in [4.78, 5) is 11.6. The lowest BCUT2D eigenvalue weighted by atomic mass is 10.1. The maximum atomic E-state index is 13.6. The first-order valence-corrected chi connectivity index (χ1v) is 5.88. The molecule has 0 aromatic heterocycles. The minimum atomic E-state index is -0.879. The summed E-state index contributed by atoms with van der Waals surface area (Å²) in [5.74, 6) is -1.43. The van der Waals surface area contributed by atoms with E-state index in [1.165, 1.54) is 13.2 Å². The zero-order chi connectivity index (χ0) is 13.1. The maximum absolute atomic E-state index is 13.6. The van der Waals surface area contributed by atoms with Gasteiger partial charge in [0.15, 0.2) is 0 Å². The van der Waals surface area contributed by atoms with E-state index in [1.54, 1.807) is 0 Å². The molecule has 1 aliphatic rings. The van der Waals surface area contributed by atoms with Gasteiger partial charge < -0.3 is 10.1 Å². The predicted molar refractivity (Wildman–Crippen MR) is 61.8 cm³/mol. The Bertz CT molecular complexity index is 447. The van der Waals surface area contributed by atoms with Crippen LogP contribution in [0.4, 0.5) is 8.78 Å². The van der Waals surface area contributed by atoms with Gasteiger partial charge in [0.25, 0.3) is 0 Å². The minimum Gasteiger partial charge on any atom is -0.468 e. The van der Waals surface area contributed by atoms with E-state index in [-0.39, 0.29) is 5.56 Å². The highest BCUT2D eigenvalue weighted by Gasteiger charge is 2.28. The molecule has 2 rings (SSSR count). The number of rotatable bonds is 5. The van der Waals surface area contributed by atoms with Crippen molar-refractivity contribution in [2.24, 2.45) is 5.92 Å². The average Bonchev–Trinajstić information content (AvgIpc) is 3.15. The number of halogens is 2. The number of methoxy groups -OCH3 is 1. The summed E-state index contributed by atoms with van der Waals surface area (Å²) in [6.45, 7) is 0.635. The molecule has 1 fully saturated rings. The van der Waals surface area contributed by atoms with Gasteiger partial charge in [-0.05, 0) is 31.4 Å². The van der Waals surface area contributed by atoms with E-state index in [9.17, 15) is 13.6 Å². The van der Waals surface area contributed by atoms with Gasteiger partial charge in [-0.25, -0.2) is 13.6 Å². The van der Waals surface area contributed by atoms with Crippen molar-refractivity contribution in [3.05, 3.63) is 35.4 Å². The van der Waals surface area contributed by atoms with Crippen LogP contribution in [0, 0.1) is 17.6 Å². The summed E-state index contributed by atoms with van der Waals surface area (Å²) in [5.41, 5.74) is 0.115. The van der Waals surface area contributed by atoms with Crippen LogP contribution in [-0.4, -0.2) is 19.6 Å². The van der Waals surface area contributed by atoms with Gasteiger partial charge in [-0.1, -0.05) is 6.07 Å². The first-order valence-electron chi connectivity index (χ1n) is 5.88. The van der Waals surface area contributed by atoms with Crippen LogP contribution in [0.5, 0.6) is 0 Å². The van der Waals surface area contributed by atoms with Crippen molar-refractivity contribution in [3.63, 3.8) is 0 Å². The second kappa shape index (κ2) is 5.44. The van der Waals surface area contributed by atoms with Crippen LogP contribution in [0.3, 0.4) is 0 Å². The van der Waals surface area contributed by atoms with Crippen molar-refractivity contribution in [2.45, 2.75) is 18.9 Å². The molecule has 98 valence electrons. The van der Waals surface area contributed by atoms with E-state index in [4.69, 9.17) is 0 Å². The van der Waals surface area contributed by atoms with Crippen molar-refractivity contribution in [1.82, 2.24) is 5.32 Å². The number of carbonyl (C=O) groups is 1. The second-order valence-corrected chi connectivity index (χ2v) is 4.47. The monoisotopic (exact) mass is 255 g/mol. The predicted octanol–water partition coefficient (Wildman–Crippen LogP) is 2.18. The number of nitrogens with one attached hydrogen (secondary N) is 1. The molecule has 1 aromatic carbocycles. The molecular formula is C13H15F2NO2. The Labute approximate surface area is 104 Å². The van der Waals surface area contributed by atoms with Crippen molar-refractivity contribution in [3.8, 4) is 0 Å². The molecule has 0 heterocycles. The van der Waals surface area contributed by atoms with Crippen LogP contribution >= 0.6 is 0 Å². The molecule has 1 saturated carbocycles. The smallest absolute Gasteiger partial charge is 0.327 e. The summed E-state index contributed by atoms with van der Waals surface area (Å²) in [6, 6.07) is 2.29. The highest BCUT2D eigenvalue weighted by molar-refractivity contribution is 5.77. The third-order valence-electron chi connectivity index (χ3n) is 3.02. The summed E-state index contributed by atoms with van der Waals surface area (Å²) in [6.07, 6.45) is 2.24. The fraction of sp³-hybridized carbons (Fsp3) is 0.462. The molecule has 5 heteroatoms. The SMILES string of the molecule is COC(=O)C(NCC1CC1)c1ccc(F)cc1F. The molecule has 0 saturated heterocycles. The highest BCUT2D eigenvalue weighted by Crippen LogP contribution is 2.29. The third kappa shape index (κ3) is 3.04. The maximum Gasteiger partial charge on any atom is 0.327 e. The first-order chi connectivity index (χ1) is 8.61. The Hall–Kier alpha value is -1.49. The van der Waals surface area contributed by atoms with Gasteiger partial charge in [-0.2, -0.15) is 0 Å². The fourth-order valence-electron chi connectivity index (χ4n) is 1.78. The van der Waals surface area contributed by atoms with Crippen molar-refractivity contribution >= 4 is 5.97 Å². The number of hydrogen-bond acceptors (Lipinski definition) is 3. The first kappa shape index (κ1) is 13.0. The molecule has 1 aliphatic carbocycles. The number of carbonyl (C=O) groups excluding carboxylic acids is 1. The molecule has 0 spiro atoms. The Morgan fingerprint density at radius 3 is 2.78 bits per heavy atom. The summed E-state index contributed by atoms with van der Waals surface area (Å²) >= 11 is 0. The minimum absolute atomic E-state index is 0.115. The highest BCUT2D eigenvalue weighted by atomic mass is 19.1. The fourth-order valence-corrected chi connectivity index (χ4v) is 1.78. The Kier molecular flexibility index (Phi) is 3.91. The Balaban J connectivity index is 2.17. The Morgan fingerprint density at radius 2 is 2.22 bits per heavy atom. The molecule has 0 radical (unpaired) electrons. The average molecular weight is 255 g/mol. The molecule has 18 heavy (non-hydrogen) atoms. The van der Waals surface area contributed by atoms with Gasteiger partial charge in [0.05, 0.1) is 7.11 Å². The zero-order valence-electron chi connectivity index (χ0n) is 10.1. The van der Waals surface area contributed by atoms with Crippen LogP contribution in [0.2, 0.25) is 0 Å². The van der Waals surface area contributed by atoms with E-state index in [0.29, 0.717) is 12.5 Å². The molecule has 0 bridgehead atoms. The lowest BCUT2D eigenvalue weighted by Gasteiger charge is -2.17. The number of benzene rings is 1. The molecule has 0 aliphatic heterocycles. The number of ether oxygens (including phenoxy) is 1. The van der Waals surface area contributed by atoms with Gasteiger partial charge >= 0.3 is 5.97 Å². The van der Waals surface area contributed by atoms with Crippen LogP contribution in [0.15, 0.2) is 18.2 Å². The van der Waals surface area contributed by atoms with Gasteiger partial charge in [-0.3, -0.25) is 0 Å². The third-order valence-corrected chi connectivity index (χ3v) is 3.02. The van der Waals surface area contributed by atoms with Crippen molar-refractivity contribution in [2.75, 3.05) is 13.7 Å². The topological polar surface area (TPSA) is 38.3 Å². The van der Waals surface area contributed by atoms with Crippen molar-refractivity contribution < 1.29 is 18.3 Å². The number of hydrogen-bond donors (Lipinski definition) is 1. The second-order valence-electron chi connectivity index (χ2n) is 4.47. The molecular weight excluding hydrogens is 240 g/mol.